The van der Waals surface area contributed by atoms with E-state index in [9.17, 15) is 14.4 Å². The van der Waals surface area contributed by atoms with Gasteiger partial charge in [0.15, 0.2) is 0 Å². The largest absolute Gasteiger partial charge is 0.464 e. The molecule has 0 saturated carbocycles. The molecule has 142 valence electrons. The van der Waals surface area contributed by atoms with Crippen molar-refractivity contribution >= 4 is 34.6 Å². The molecule has 0 radical (unpaired) electrons. The number of nitrogens with one attached hydrogen (secondary N) is 4. The molecule has 0 aliphatic carbocycles. The van der Waals surface area contributed by atoms with E-state index in [1.165, 1.54) is 0 Å². The van der Waals surface area contributed by atoms with Crippen molar-refractivity contribution in [3.8, 4) is 0 Å². The summed E-state index contributed by atoms with van der Waals surface area (Å²) in [7, 11) is 0. The molecule has 1 aliphatic heterocycles. The van der Waals surface area contributed by atoms with Crippen LogP contribution in [0.4, 0.5) is 15.3 Å². The van der Waals surface area contributed by atoms with Crippen molar-refractivity contribution in [3.05, 3.63) is 65.9 Å². The van der Waals surface area contributed by atoms with Gasteiger partial charge in [0.2, 0.25) is 0 Å². The molecule has 5 amide bonds. The van der Waals surface area contributed by atoms with Crippen LogP contribution in [0.25, 0.3) is 11.0 Å². The Morgan fingerprint density at radius 3 is 2.61 bits per heavy atom. The fraction of sp³-hybridized carbons (Fsp3) is 0.150. The van der Waals surface area contributed by atoms with Crippen molar-refractivity contribution in [2.24, 2.45) is 0 Å². The second-order valence-electron chi connectivity index (χ2n) is 6.71. The Labute approximate surface area is 160 Å². The number of carbonyl (C=O) groups is 3. The van der Waals surface area contributed by atoms with E-state index in [-0.39, 0.29) is 6.03 Å². The number of furan rings is 1. The van der Waals surface area contributed by atoms with E-state index in [1.807, 2.05) is 12.1 Å². The van der Waals surface area contributed by atoms with Crippen LogP contribution in [0, 0.1) is 0 Å². The molecule has 0 spiro atoms. The van der Waals surface area contributed by atoms with Gasteiger partial charge in [-0.15, -0.1) is 0 Å². The first-order valence-corrected chi connectivity index (χ1v) is 8.69. The predicted octanol–water partition coefficient (Wildman–Crippen LogP) is 2.81. The van der Waals surface area contributed by atoms with E-state index in [1.54, 1.807) is 49.6 Å². The number of amides is 5. The zero-order valence-corrected chi connectivity index (χ0v) is 15.0. The summed E-state index contributed by atoms with van der Waals surface area (Å²) in [5.41, 5.74) is 1.85. The summed E-state index contributed by atoms with van der Waals surface area (Å²) in [6.45, 7) is 1.96. The maximum atomic E-state index is 12.1. The summed E-state index contributed by atoms with van der Waals surface area (Å²) < 4.78 is 5.27. The minimum absolute atomic E-state index is 0.315. The zero-order valence-electron chi connectivity index (χ0n) is 15.0. The summed E-state index contributed by atoms with van der Waals surface area (Å²) in [5, 5.41) is 11.3. The van der Waals surface area contributed by atoms with Gasteiger partial charge >= 0.3 is 12.1 Å². The summed E-state index contributed by atoms with van der Waals surface area (Å²) in [6, 6.07) is 13.5. The van der Waals surface area contributed by atoms with Crippen LogP contribution in [0.5, 0.6) is 0 Å². The summed E-state index contributed by atoms with van der Waals surface area (Å²) in [6.07, 6.45) is 1.60. The summed E-state index contributed by atoms with van der Waals surface area (Å²) in [5.74, 6) is -0.391. The van der Waals surface area contributed by atoms with Gasteiger partial charge in [-0.3, -0.25) is 10.1 Å². The van der Waals surface area contributed by atoms with Crippen LogP contribution in [0.1, 0.15) is 18.1 Å². The topological polar surface area (TPSA) is 112 Å². The van der Waals surface area contributed by atoms with Crippen LogP contribution in [0.2, 0.25) is 0 Å². The normalized spacial score (nSPS) is 18.6. The van der Waals surface area contributed by atoms with Crippen molar-refractivity contribution in [1.82, 2.24) is 16.0 Å². The Hall–Kier alpha value is -3.81. The molecule has 1 unspecified atom stereocenters. The lowest BCUT2D eigenvalue weighted by Gasteiger charge is -2.21. The van der Waals surface area contributed by atoms with E-state index in [0.29, 0.717) is 17.8 Å². The van der Waals surface area contributed by atoms with Crippen molar-refractivity contribution in [3.63, 3.8) is 0 Å². The van der Waals surface area contributed by atoms with Gasteiger partial charge in [0.05, 0.1) is 6.26 Å². The standard InChI is InChI=1S/C20H18N4O4/c1-20(17(25)23-19(27)24-20)14-4-2-12(3-5-14)11-21-18(26)22-15-6-7-16-13(10-15)8-9-28-16/h2-10H,11H2,1H3,(H2,21,22,26)(H2,23,24,25,27). The molecule has 0 bridgehead atoms. The number of fused-ring (bicyclic) bond motifs is 1. The quantitative estimate of drug-likeness (QED) is 0.523. The SMILES string of the molecule is CC1(c2ccc(CNC(=O)Nc3ccc4occc4c3)cc2)NC(=O)NC1=O. The molecule has 1 aliphatic rings. The van der Waals surface area contributed by atoms with Crippen molar-refractivity contribution in [2.45, 2.75) is 19.0 Å². The highest BCUT2D eigenvalue weighted by atomic mass is 16.3. The third kappa shape index (κ3) is 3.27. The molecule has 4 N–H and O–H groups in total. The molecular weight excluding hydrogens is 360 g/mol. The van der Waals surface area contributed by atoms with Crippen LogP contribution in [0.3, 0.4) is 0 Å². The second-order valence-corrected chi connectivity index (χ2v) is 6.71. The number of rotatable bonds is 4. The van der Waals surface area contributed by atoms with E-state index < -0.39 is 17.5 Å². The van der Waals surface area contributed by atoms with Gasteiger partial charge in [-0.25, -0.2) is 9.59 Å². The molecule has 1 aromatic heterocycles. The molecule has 3 aromatic rings. The van der Waals surface area contributed by atoms with Gasteiger partial charge in [-0.05, 0) is 42.3 Å². The van der Waals surface area contributed by atoms with E-state index >= 15 is 0 Å². The van der Waals surface area contributed by atoms with Gasteiger partial charge in [0.1, 0.15) is 11.1 Å². The zero-order chi connectivity index (χ0) is 19.7. The third-order valence-corrected chi connectivity index (χ3v) is 4.74. The van der Waals surface area contributed by atoms with Crippen LogP contribution >= 0.6 is 0 Å². The first kappa shape index (κ1) is 17.6. The Balaban J connectivity index is 1.36. The molecule has 8 nitrogen and oxygen atoms in total. The molecule has 1 saturated heterocycles. The van der Waals surface area contributed by atoms with E-state index in [2.05, 4.69) is 21.3 Å². The highest BCUT2D eigenvalue weighted by Gasteiger charge is 2.43. The van der Waals surface area contributed by atoms with Crippen molar-refractivity contribution in [1.29, 1.82) is 0 Å². The average molecular weight is 378 g/mol. The molecule has 1 atom stereocenters. The van der Waals surface area contributed by atoms with Gasteiger partial charge in [0.25, 0.3) is 5.91 Å². The minimum Gasteiger partial charge on any atom is -0.464 e. The fourth-order valence-electron chi connectivity index (χ4n) is 3.10. The first-order valence-electron chi connectivity index (χ1n) is 8.69. The Morgan fingerprint density at radius 2 is 1.89 bits per heavy atom. The summed E-state index contributed by atoms with van der Waals surface area (Å²) in [4.78, 5) is 35.5. The van der Waals surface area contributed by atoms with Crippen LogP contribution < -0.4 is 21.3 Å². The molecular formula is C20H18N4O4. The number of benzene rings is 2. The van der Waals surface area contributed by atoms with E-state index in [0.717, 1.165) is 16.5 Å². The van der Waals surface area contributed by atoms with Gasteiger partial charge in [-0.1, -0.05) is 24.3 Å². The monoisotopic (exact) mass is 378 g/mol. The molecule has 1 fully saturated rings. The number of anilines is 1. The van der Waals surface area contributed by atoms with Crippen LogP contribution in [-0.2, 0) is 16.9 Å². The van der Waals surface area contributed by atoms with E-state index in [4.69, 9.17) is 4.42 Å². The highest BCUT2D eigenvalue weighted by Crippen LogP contribution is 2.24. The number of imide groups is 1. The Kier molecular flexibility index (Phi) is 4.23. The predicted molar refractivity (Wildman–Crippen MR) is 103 cm³/mol. The first-order chi connectivity index (χ1) is 13.4. The maximum Gasteiger partial charge on any atom is 0.322 e. The van der Waals surface area contributed by atoms with Crippen LogP contribution in [-0.4, -0.2) is 18.0 Å². The lowest BCUT2D eigenvalue weighted by Crippen LogP contribution is -2.40. The number of hydrogen-bond donors (Lipinski definition) is 4. The van der Waals surface area contributed by atoms with Crippen molar-refractivity contribution < 1.29 is 18.8 Å². The Bertz CT molecular complexity index is 1070. The minimum atomic E-state index is -1.09. The highest BCUT2D eigenvalue weighted by molar-refractivity contribution is 6.07. The van der Waals surface area contributed by atoms with Gasteiger partial charge in [-0.2, -0.15) is 0 Å². The number of hydrogen-bond acceptors (Lipinski definition) is 4. The molecule has 4 rings (SSSR count). The lowest BCUT2D eigenvalue weighted by molar-refractivity contribution is -0.123. The Morgan fingerprint density at radius 1 is 1.11 bits per heavy atom. The number of urea groups is 2. The van der Waals surface area contributed by atoms with Crippen molar-refractivity contribution in [2.75, 3.05) is 5.32 Å². The van der Waals surface area contributed by atoms with Gasteiger partial charge < -0.3 is 20.4 Å². The molecule has 2 aromatic carbocycles. The average Bonchev–Trinajstić information content (AvgIpc) is 3.24. The maximum absolute atomic E-state index is 12.1. The molecule has 28 heavy (non-hydrogen) atoms. The second kappa shape index (κ2) is 6.73. The molecule has 8 heteroatoms. The molecule has 2 heterocycles. The lowest BCUT2D eigenvalue weighted by atomic mass is 9.91. The smallest absolute Gasteiger partial charge is 0.322 e. The fourth-order valence-corrected chi connectivity index (χ4v) is 3.10. The third-order valence-electron chi connectivity index (χ3n) is 4.74. The van der Waals surface area contributed by atoms with Crippen LogP contribution in [0.15, 0.2) is 59.2 Å². The van der Waals surface area contributed by atoms with Gasteiger partial charge in [0, 0.05) is 17.6 Å². The summed E-state index contributed by atoms with van der Waals surface area (Å²) >= 11 is 0. The number of carbonyl (C=O) groups excluding carboxylic acids is 3.